The molecule has 0 aromatic rings. The molecule has 5 atom stereocenters. The third-order valence-corrected chi connectivity index (χ3v) is 14.2. The Morgan fingerprint density at radius 2 is 1.54 bits per heavy atom. The molecule has 12 nitrogen and oxygen atoms in total. The van der Waals surface area contributed by atoms with E-state index >= 15 is 0 Å². The van der Waals surface area contributed by atoms with E-state index in [1.165, 1.54) is 4.90 Å². The summed E-state index contributed by atoms with van der Waals surface area (Å²) in [5, 5.41) is 11.3. The molecule has 4 fully saturated rings. The van der Waals surface area contributed by atoms with Crippen LogP contribution in [0.5, 0.6) is 0 Å². The van der Waals surface area contributed by atoms with E-state index in [0.717, 1.165) is 32.1 Å². The van der Waals surface area contributed by atoms with Gasteiger partial charge < -0.3 is 26.2 Å². The van der Waals surface area contributed by atoms with E-state index in [-0.39, 0.29) is 48.4 Å². The van der Waals surface area contributed by atoms with Crippen LogP contribution in [0.2, 0.25) is 0 Å². The molecule has 50 heavy (non-hydrogen) atoms. The molecule has 14 heteroatoms. The number of sulfone groups is 1. The van der Waals surface area contributed by atoms with Gasteiger partial charge in [0.15, 0.2) is 9.84 Å². The summed E-state index contributed by atoms with van der Waals surface area (Å²) in [5.41, 5.74) is -2.01. The molecule has 1 aliphatic heterocycles. The number of nitrogens with one attached hydrogen (secondary N) is 4. The summed E-state index contributed by atoms with van der Waals surface area (Å²) in [6.45, 7) is 14.1. The van der Waals surface area contributed by atoms with E-state index < -0.39 is 79.9 Å². The number of rotatable bonds is 14. The maximum atomic E-state index is 14.5. The lowest BCUT2D eigenvalue weighted by Gasteiger charge is -2.41. The smallest absolute Gasteiger partial charge is 0.315 e. The fourth-order valence-electron chi connectivity index (χ4n) is 7.76. The van der Waals surface area contributed by atoms with Gasteiger partial charge in [-0.05, 0) is 88.4 Å². The van der Waals surface area contributed by atoms with Crippen molar-refractivity contribution in [3.05, 3.63) is 0 Å². The lowest BCUT2D eigenvalue weighted by atomic mass is 9.83. The van der Waals surface area contributed by atoms with Crippen LogP contribution in [0.1, 0.15) is 120 Å². The highest BCUT2D eigenvalue weighted by molar-refractivity contribution is 7.92. The molecule has 1 heterocycles. The fraction of sp³-hybridized carbons (Fsp3) is 0.861. The molecule has 4 aliphatic rings. The molecule has 3 saturated carbocycles. The van der Waals surface area contributed by atoms with Gasteiger partial charge in [-0.3, -0.25) is 23.6 Å². The van der Waals surface area contributed by atoms with Crippen molar-refractivity contribution in [3.63, 3.8) is 0 Å². The van der Waals surface area contributed by atoms with Gasteiger partial charge in [0.25, 0.3) is 5.91 Å². The molecular formula is C36H60FN5O7S. The second-order valence-electron chi connectivity index (χ2n) is 17.9. The van der Waals surface area contributed by atoms with Crippen molar-refractivity contribution < 1.29 is 36.8 Å². The molecule has 0 aromatic carbocycles. The van der Waals surface area contributed by atoms with Crippen molar-refractivity contribution in [1.29, 1.82) is 0 Å². The van der Waals surface area contributed by atoms with Gasteiger partial charge in [-0.2, -0.15) is 0 Å². The van der Waals surface area contributed by atoms with Crippen molar-refractivity contribution >= 4 is 39.4 Å². The first-order valence-corrected chi connectivity index (χ1v) is 20.0. The molecular weight excluding hydrogens is 665 g/mol. The number of Topliss-reactive ketones (excluding diaryl/α,β-unsaturated/α-hetero) is 1. The fourth-order valence-corrected chi connectivity index (χ4v) is 9.28. The molecule has 3 aliphatic carbocycles. The molecule has 0 aromatic heterocycles. The van der Waals surface area contributed by atoms with Crippen LogP contribution >= 0.6 is 0 Å². The summed E-state index contributed by atoms with van der Waals surface area (Å²) in [4.78, 5) is 69.6. The van der Waals surface area contributed by atoms with Crippen LogP contribution < -0.4 is 21.3 Å². The quantitative estimate of drug-likeness (QED) is 0.157. The monoisotopic (exact) mass is 725 g/mol. The molecule has 1 unspecified atom stereocenters. The minimum absolute atomic E-state index is 0.0172. The van der Waals surface area contributed by atoms with Gasteiger partial charge >= 0.3 is 6.03 Å². The highest BCUT2D eigenvalue weighted by Crippen LogP contribution is 2.65. The zero-order valence-corrected chi connectivity index (χ0v) is 32.1. The third kappa shape index (κ3) is 8.99. The topological polar surface area (TPSA) is 171 Å². The number of halogens is 1. The number of likely N-dealkylation sites (tertiary alicyclic amines) is 1. The number of hydrogen-bond donors (Lipinski definition) is 4. The van der Waals surface area contributed by atoms with Gasteiger partial charge in [-0.15, -0.1) is 0 Å². The Hall–Kier alpha value is -2.77. The first-order valence-electron chi connectivity index (χ1n) is 18.4. The summed E-state index contributed by atoms with van der Waals surface area (Å²) in [5.74, 6) is -2.97. The van der Waals surface area contributed by atoms with Gasteiger partial charge in [-0.25, -0.2) is 13.2 Å². The van der Waals surface area contributed by atoms with E-state index in [0.29, 0.717) is 19.3 Å². The van der Waals surface area contributed by atoms with Crippen LogP contribution in [0.4, 0.5) is 9.18 Å². The maximum absolute atomic E-state index is 14.5. The van der Waals surface area contributed by atoms with Crippen LogP contribution in [-0.4, -0.2) is 96.3 Å². The van der Waals surface area contributed by atoms with E-state index in [9.17, 15) is 36.8 Å². The minimum atomic E-state index is -3.58. The number of amides is 5. The Kier molecular flexibility index (Phi) is 11.8. The largest absolute Gasteiger partial charge is 0.347 e. The third-order valence-electron chi connectivity index (χ3n) is 11.4. The number of fused-ring (bicyclic) bond motifs is 1. The van der Waals surface area contributed by atoms with Gasteiger partial charge in [0.1, 0.15) is 12.1 Å². The molecule has 5 amide bonds. The van der Waals surface area contributed by atoms with Crippen LogP contribution in [0, 0.1) is 22.7 Å². The SMILES string of the molecule is CC(C)(C)[C@H](NC(=O)NC1(CS(=O)(=O)C(C)(C)C)CCCCC1)C(=O)N1C[C@H]2[C@@H]([C@H]1C(=O)NC(CCCCF)C(=O)C(=O)NC1CC1)C2(C)C. The number of piperidine rings is 1. The normalized spacial score (nSPS) is 25.5. The first kappa shape index (κ1) is 40.0. The summed E-state index contributed by atoms with van der Waals surface area (Å²) >= 11 is 0. The van der Waals surface area contributed by atoms with Crippen LogP contribution in [0.3, 0.4) is 0 Å². The molecule has 4 rings (SSSR count). The first-order chi connectivity index (χ1) is 23.0. The molecule has 0 spiro atoms. The predicted octanol–water partition coefficient (Wildman–Crippen LogP) is 3.57. The second-order valence-corrected chi connectivity index (χ2v) is 20.6. The van der Waals surface area contributed by atoms with Gasteiger partial charge in [0, 0.05) is 12.6 Å². The second kappa shape index (κ2) is 14.7. The number of urea groups is 1. The van der Waals surface area contributed by atoms with Gasteiger partial charge in [-0.1, -0.05) is 53.9 Å². The van der Waals surface area contributed by atoms with E-state index in [1.54, 1.807) is 20.8 Å². The highest BCUT2D eigenvalue weighted by atomic mass is 32.2. The van der Waals surface area contributed by atoms with Gasteiger partial charge in [0.2, 0.25) is 17.6 Å². The summed E-state index contributed by atoms with van der Waals surface area (Å²) in [6, 6.07) is -3.87. The maximum Gasteiger partial charge on any atom is 0.315 e. The number of hydrogen-bond acceptors (Lipinski definition) is 7. The predicted molar refractivity (Wildman–Crippen MR) is 188 cm³/mol. The lowest BCUT2D eigenvalue weighted by Crippen LogP contribution is -2.64. The van der Waals surface area contributed by atoms with Crippen molar-refractivity contribution in [3.8, 4) is 0 Å². The Bertz CT molecular complexity index is 1430. The molecule has 284 valence electrons. The summed E-state index contributed by atoms with van der Waals surface area (Å²) < 4.78 is 38.6. The van der Waals surface area contributed by atoms with E-state index in [4.69, 9.17) is 0 Å². The minimum Gasteiger partial charge on any atom is -0.347 e. The number of carbonyl (C=O) groups is 5. The highest BCUT2D eigenvalue weighted by Gasteiger charge is 2.70. The van der Waals surface area contributed by atoms with E-state index in [2.05, 4.69) is 21.3 Å². The van der Waals surface area contributed by atoms with Gasteiger partial charge in [0.05, 0.1) is 28.8 Å². The zero-order chi connectivity index (χ0) is 37.4. The lowest BCUT2D eigenvalue weighted by molar-refractivity contribution is -0.145. The Balaban J connectivity index is 1.54. The molecule has 0 bridgehead atoms. The van der Waals surface area contributed by atoms with Crippen molar-refractivity contribution in [2.45, 2.75) is 154 Å². The van der Waals surface area contributed by atoms with Crippen LogP contribution in [0.25, 0.3) is 0 Å². The number of nitrogens with zero attached hydrogens (tertiary/aromatic N) is 1. The molecule has 4 N–H and O–H groups in total. The Morgan fingerprint density at radius 3 is 2.08 bits per heavy atom. The molecule has 0 radical (unpaired) electrons. The average Bonchev–Trinajstić information content (AvgIpc) is 3.85. The Labute approximate surface area is 297 Å². The van der Waals surface area contributed by atoms with E-state index in [1.807, 2.05) is 34.6 Å². The van der Waals surface area contributed by atoms with Crippen molar-refractivity contribution in [2.75, 3.05) is 19.0 Å². The van der Waals surface area contributed by atoms with Crippen LogP contribution in [0.15, 0.2) is 0 Å². The summed E-state index contributed by atoms with van der Waals surface area (Å²) in [6.07, 6.45) is 5.60. The number of carbonyl (C=O) groups excluding carboxylic acids is 5. The average molecular weight is 726 g/mol. The van der Waals surface area contributed by atoms with Crippen molar-refractivity contribution in [2.24, 2.45) is 22.7 Å². The number of ketones is 1. The number of alkyl halides is 1. The summed E-state index contributed by atoms with van der Waals surface area (Å²) in [7, 11) is -3.58. The van der Waals surface area contributed by atoms with Crippen LogP contribution in [-0.2, 0) is 29.0 Å². The standard InChI is InChI=1S/C36H60FN5O7S/c1-33(2,3)28(40-32(47)41-36(17-11-9-12-18-36)21-50(48,49)34(4,5)6)31(46)42-20-23-25(35(23,7)8)26(42)29(44)39-24(14-10-13-19-37)27(43)30(45)38-22-15-16-22/h22-26,28H,9-21H2,1-8H3,(H,38,45)(H,39,44)(H2,40,41,47)/t23-,24?,25-,26-,28+/m0/s1. The van der Waals surface area contributed by atoms with Crippen molar-refractivity contribution in [1.82, 2.24) is 26.2 Å². The molecule has 1 saturated heterocycles. The zero-order valence-electron chi connectivity index (χ0n) is 31.2. The Morgan fingerprint density at radius 1 is 0.920 bits per heavy atom. The number of unbranched alkanes of at least 4 members (excludes halogenated alkanes) is 1.